The van der Waals surface area contributed by atoms with Crippen LogP contribution in [0.25, 0.3) is 17.0 Å². The van der Waals surface area contributed by atoms with Crippen molar-refractivity contribution < 1.29 is 14.3 Å². The SMILES string of the molecule is CCn1cc(/C=C2\Oc3c4c(cc(C)c3C2=O)OCN(Cc2ccc(Cl)cc2)C4)c2ccccc21. The van der Waals surface area contributed by atoms with Gasteiger partial charge in [-0.15, -0.1) is 0 Å². The highest BCUT2D eigenvalue weighted by Gasteiger charge is 2.35. The molecule has 0 fully saturated rings. The molecule has 0 aliphatic carbocycles. The van der Waals surface area contributed by atoms with Crippen molar-refractivity contribution in [2.45, 2.75) is 33.5 Å². The Morgan fingerprint density at radius 2 is 1.91 bits per heavy atom. The molecule has 0 saturated carbocycles. The Morgan fingerprint density at radius 1 is 1.11 bits per heavy atom. The van der Waals surface area contributed by atoms with Crippen LogP contribution in [0.1, 0.15) is 39.5 Å². The Bertz CT molecular complexity index is 1500. The Hall–Kier alpha value is -3.54. The van der Waals surface area contributed by atoms with Crippen LogP contribution in [-0.4, -0.2) is 22.0 Å². The van der Waals surface area contributed by atoms with Gasteiger partial charge in [0.05, 0.1) is 11.1 Å². The van der Waals surface area contributed by atoms with E-state index in [1.54, 1.807) is 0 Å². The summed E-state index contributed by atoms with van der Waals surface area (Å²) in [5.41, 5.74) is 5.68. The van der Waals surface area contributed by atoms with Crippen molar-refractivity contribution in [3.8, 4) is 11.5 Å². The van der Waals surface area contributed by atoms with Crippen molar-refractivity contribution in [3.05, 3.63) is 99.4 Å². The van der Waals surface area contributed by atoms with Crippen LogP contribution < -0.4 is 9.47 Å². The molecule has 0 radical (unpaired) electrons. The molecule has 176 valence electrons. The Kier molecular flexibility index (Phi) is 5.39. The quantitative estimate of drug-likeness (QED) is 0.306. The van der Waals surface area contributed by atoms with Gasteiger partial charge in [0.15, 0.2) is 5.76 Å². The molecule has 6 rings (SSSR count). The number of carbonyl (C=O) groups excluding carboxylic acids is 1. The number of halogens is 1. The number of para-hydroxylation sites is 1. The zero-order valence-electron chi connectivity index (χ0n) is 19.7. The van der Waals surface area contributed by atoms with Gasteiger partial charge in [-0.1, -0.05) is 41.9 Å². The van der Waals surface area contributed by atoms with E-state index in [0.29, 0.717) is 36.9 Å². The molecule has 3 heterocycles. The highest BCUT2D eigenvalue weighted by atomic mass is 35.5. The van der Waals surface area contributed by atoms with E-state index in [1.807, 2.05) is 55.5 Å². The first-order chi connectivity index (χ1) is 17.0. The third-order valence-electron chi connectivity index (χ3n) is 6.75. The number of Topliss-reactive ketones (excluding diaryl/α,β-unsaturated/α-hetero) is 1. The van der Waals surface area contributed by atoms with E-state index in [4.69, 9.17) is 21.1 Å². The molecule has 5 nitrogen and oxygen atoms in total. The summed E-state index contributed by atoms with van der Waals surface area (Å²) in [5, 5.41) is 1.82. The zero-order valence-corrected chi connectivity index (χ0v) is 20.4. The van der Waals surface area contributed by atoms with Crippen LogP contribution in [0.5, 0.6) is 11.5 Å². The molecule has 2 aliphatic rings. The van der Waals surface area contributed by atoms with Gasteiger partial charge < -0.3 is 14.0 Å². The van der Waals surface area contributed by atoms with Crippen LogP contribution >= 0.6 is 11.6 Å². The molecule has 1 aromatic heterocycles. The van der Waals surface area contributed by atoms with Crippen molar-refractivity contribution in [1.29, 1.82) is 0 Å². The Balaban J connectivity index is 1.35. The normalized spacial score (nSPS) is 16.3. The van der Waals surface area contributed by atoms with Gasteiger partial charge in [0.2, 0.25) is 5.78 Å². The second-order valence-electron chi connectivity index (χ2n) is 9.09. The van der Waals surface area contributed by atoms with Crippen molar-refractivity contribution in [3.63, 3.8) is 0 Å². The summed E-state index contributed by atoms with van der Waals surface area (Å²) in [6.45, 7) is 6.73. The van der Waals surface area contributed by atoms with Gasteiger partial charge in [-0.25, -0.2) is 0 Å². The van der Waals surface area contributed by atoms with Gasteiger partial charge in [0.1, 0.15) is 18.2 Å². The number of rotatable bonds is 4. The van der Waals surface area contributed by atoms with Crippen LogP contribution in [0.15, 0.2) is 66.6 Å². The second-order valence-corrected chi connectivity index (χ2v) is 9.53. The van der Waals surface area contributed by atoms with E-state index < -0.39 is 0 Å². The predicted molar refractivity (Wildman–Crippen MR) is 138 cm³/mol. The third-order valence-corrected chi connectivity index (χ3v) is 7.01. The number of carbonyl (C=O) groups is 1. The molecule has 6 heteroatoms. The smallest absolute Gasteiger partial charge is 0.232 e. The van der Waals surface area contributed by atoms with Gasteiger partial charge in [-0.2, -0.15) is 0 Å². The van der Waals surface area contributed by atoms with E-state index in [0.717, 1.165) is 50.5 Å². The number of ether oxygens (including phenoxy) is 2. The molecule has 0 unspecified atom stereocenters. The van der Waals surface area contributed by atoms with Crippen molar-refractivity contribution in [1.82, 2.24) is 9.47 Å². The van der Waals surface area contributed by atoms with Crippen LogP contribution in [0, 0.1) is 6.92 Å². The minimum atomic E-state index is -0.0801. The third kappa shape index (κ3) is 3.81. The molecule has 0 N–H and O–H groups in total. The lowest BCUT2D eigenvalue weighted by atomic mass is 9.98. The fourth-order valence-electron chi connectivity index (χ4n) is 5.02. The van der Waals surface area contributed by atoms with E-state index in [2.05, 4.69) is 34.7 Å². The number of aryl methyl sites for hydroxylation is 2. The highest BCUT2D eigenvalue weighted by Crippen LogP contribution is 2.44. The van der Waals surface area contributed by atoms with Gasteiger partial charge in [-0.3, -0.25) is 9.69 Å². The molecule has 0 bridgehead atoms. The lowest BCUT2D eigenvalue weighted by Gasteiger charge is -2.30. The number of ketones is 1. The summed E-state index contributed by atoms with van der Waals surface area (Å²) >= 11 is 6.03. The second kappa shape index (κ2) is 8.59. The molecule has 4 aromatic rings. The van der Waals surface area contributed by atoms with Crippen LogP contribution in [0.4, 0.5) is 0 Å². The first-order valence-electron chi connectivity index (χ1n) is 11.8. The maximum atomic E-state index is 13.5. The van der Waals surface area contributed by atoms with Crippen LogP contribution in [-0.2, 0) is 19.6 Å². The van der Waals surface area contributed by atoms with Crippen molar-refractivity contribution in [2.24, 2.45) is 0 Å². The summed E-state index contributed by atoms with van der Waals surface area (Å²) in [5.74, 6) is 1.68. The molecule has 0 saturated heterocycles. The first-order valence-corrected chi connectivity index (χ1v) is 12.2. The fraction of sp³-hybridized carbons (Fsp3) is 0.207. The number of allylic oxidation sites excluding steroid dienone is 1. The average molecular weight is 485 g/mol. The van der Waals surface area contributed by atoms with Crippen LogP contribution in [0.3, 0.4) is 0 Å². The average Bonchev–Trinajstić information content (AvgIpc) is 3.39. The number of nitrogens with zero attached hydrogens (tertiary/aromatic N) is 2. The van der Waals surface area contributed by atoms with E-state index in [-0.39, 0.29) is 5.78 Å². The number of aromatic nitrogens is 1. The van der Waals surface area contributed by atoms with Crippen LogP contribution in [0.2, 0.25) is 5.02 Å². The molecule has 2 aliphatic heterocycles. The maximum Gasteiger partial charge on any atom is 0.232 e. The first kappa shape index (κ1) is 22.0. The monoisotopic (exact) mass is 484 g/mol. The topological polar surface area (TPSA) is 43.7 Å². The lowest BCUT2D eigenvalue weighted by molar-refractivity contribution is 0.0872. The molecule has 35 heavy (non-hydrogen) atoms. The lowest BCUT2D eigenvalue weighted by Crippen LogP contribution is -2.31. The summed E-state index contributed by atoms with van der Waals surface area (Å²) in [4.78, 5) is 15.6. The fourth-order valence-corrected chi connectivity index (χ4v) is 5.14. The number of hydrogen-bond donors (Lipinski definition) is 0. The molecular formula is C29H25ClN2O3. The highest BCUT2D eigenvalue weighted by molar-refractivity contribution is 6.30. The summed E-state index contributed by atoms with van der Waals surface area (Å²) < 4.78 is 14.6. The minimum Gasteiger partial charge on any atom is -0.478 e. The Morgan fingerprint density at radius 3 is 2.71 bits per heavy atom. The zero-order chi connectivity index (χ0) is 24.1. The summed E-state index contributed by atoms with van der Waals surface area (Å²) in [6, 6.07) is 18.0. The molecule has 0 spiro atoms. The number of fused-ring (bicyclic) bond motifs is 4. The number of benzene rings is 3. The van der Waals surface area contributed by atoms with Gasteiger partial charge in [-0.05, 0) is 55.3 Å². The standard InChI is InChI=1S/C29H25ClN2O3/c1-3-32-15-20(22-6-4-5-7-24(22)32)13-26-28(33)27-18(2)12-25-23(29(27)35-26)16-31(17-34-25)14-19-8-10-21(30)11-9-19/h4-13,15H,3,14,16-17H2,1-2H3/b26-13-. The molecule has 3 aromatic carbocycles. The number of hydrogen-bond acceptors (Lipinski definition) is 4. The van der Waals surface area contributed by atoms with Gasteiger partial charge in [0, 0.05) is 47.3 Å². The van der Waals surface area contributed by atoms with E-state index >= 15 is 0 Å². The van der Waals surface area contributed by atoms with Crippen molar-refractivity contribution in [2.75, 3.05) is 6.73 Å². The summed E-state index contributed by atoms with van der Waals surface area (Å²) in [7, 11) is 0. The van der Waals surface area contributed by atoms with Crippen molar-refractivity contribution >= 4 is 34.4 Å². The largest absolute Gasteiger partial charge is 0.478 e. The van der Waals surface area contributed by atoms with Gasteiger partial charge in [0.25, 0.3) is 0 Å². The summed E-state index contributed by atoms with van der Waals surface area (Å²) in [6.07, 6.45) is 3.95. The maximum absolute atomic E-state index is 13.5. The molecule has 0 amide bonds. The van der Waals surface area contributed by atoms with E-state index in [9.17, 15) is 4.79 Å². The Labute approximate surface area is 209 Å². The minimum absolute atomic E-state index is 0.0801. The van der Waals surface area contributed by atoms with E-state index in [1.165, 1.54) is 0 Å². The molecule has 0 atom stereocenters. The molecular weight excluding hydrogens is 460 g/mol. The predicted octanol–water partition coefficient (Wildman–Crippen LogP) is 6.59. The van der Waals surface area contributed by atoms with Gasteiger partial charge >= 0.3 is 0 Å².